The van der Waals surface area contributed by atoms with Crippen molar-refractivity contribution in [2.75, 3.05) is 0 Å². The number of aliphatic hydroxyl groups is 2. The molecule has 0 aliphatic carbocycles. The Hall–Kier alpha value is -0.0800. The van der Waals surface area contributed by atoms with Crippen LogP contribution in [0.1, 0.15) is 40.5 Å². The molecule has 0 radical (unpaired) electrons. The quantitative estimate of drug-likeness (QED) is 0.655. The minimum atomic E-state index is -0.655. The van der Waals surface area contributed by atoms with Crippen LogP contribution in [0.4, 0.5) is 0 Å². The van der Waals surface area contributed by atoms with Gasteiger partial charge in [0.05, 0.1) is 11.7 Å². The molecule has 11 heavy (non-hydrogen) atoms. The minimum Gasteiger partial charge on any atom is -0.393 e. The average Bonchev–Trinajstić information content (AvgIpc) is 1.80. The lowest BCUT2D eigenvalue weighted by atomic mass is 9.88. The summed E-state index contributed by atoms with van der Waals surface area (Å²) in [5.41, 5.74) is -0.655. The topological polar surface area (TPSA) is 40.5 Å². The Labute approximate surface area is 69.2 Å². The first-order chi connectivity index (χ1) is 4.87. The van der Waals surface area contributed by atoms with E-state index in [-0.39, 0.29) is 12.0 Å². The average molecular weight is 160 g/mol. The molecule has 0 spiro atoms. The Morgan fingerprint density at radius 3 is 1.91 bits per heavy atom. The summed E-state index contributed by atoms with van der Waals surface area (Å²) in [5, 5.41) is 18.7. The van der Waals surface area contributed by atoms with Gasteiger partial charge in [-0.2, -0.15) is 0 Å². The van der Waals surface area contributed by atoms with E-state index in [9.17, 15) is 10.2 Å². The van der Waals surface area contributed by atoms with Crippen molar-refractivity contribution in [1.29, 1.82) is 0 Å². The van der Waals surface area contributed by atoms with Crippen molar-refractivity contribution in [3.63, 3.8) is 0 Å². The second-order valence-corrected chi connectivity index (χ2v) is 3.93. The van der Waals surface area contributed by atoms with Crippen molar-refractivity contribution in [2.24, 2.45) is 5.92 Å². The van der Waals surface area contributed by atoms with Crippen LogP contribution >= 0.6 is 0 Å². The molecule has 0 aromatic rings. The Bertz CT molecular complexity index is 103. The Balaban J connectivity index is 3.88. The molecule has 0 heterocycles. The van der Waals surface area contributed by atoms with Crippen molar-refractivity contribution >= 4 is 0 Å². The van der Waals surface area contributed by atoms with E-state index in [1.54, 1.807) is 20.8 Å². The Morgan fingerprint density at radius 2 is 1.82 bits per heavy atom. The largest absolute Gasteiger partial charge is 0.393 e. The minimum absolute atomic E-state index is 0.218. The number of aliphatic hydroxyl groups excluding tert-OH is 1. The van der Waals surface area contributed by atoms with Crippen LogP contribution in [0.15, 0.2) is 0 Å². The summed E-state index contributed by atoms with van der Waals surface area (Å²) in [5.74, 6) is 0.218. The van der Waals surface area contributed by atoms with Crippen LogP contribution < -0.4 is 0 Å². The van der Waals surface area contributed by atoms with Gasteiger partial charge in [-0.3, -0.25) is 0 Å². The van der Waals surface area contributed by atoms with Gasteiger partial charge >= 0.3 is 0 Å². The first-order valence-corrected chi connectivity index (χ1v) is 4.27. The standard InChI is InChI=1S/C9H20O2/c1-5-8(7(2)10)6-9(3,4)11/h7-8,10-11H,5-6H2,1-4H3. The highest BCUT2D eigenvalue weighted by molar-refractivity contribution is 4.73. The zero-order chi connectivity index (χ0) is 9.07. The maximum Gasteiger partial charge on any atom is 0.0595 e. The van der Waals surface area contributed by atoms with Gasteiger partial charge in [0.25, 0.3) is 0 Å². The van der Waals surface area contributed by atoms with Gasteiger partial charge in [-0.05, 0) is 33.1 Å². The molecule has 0 rings (SSSR count). The number of hydrogen-bond donors (Lipinski definition) is 2. The van der Waals surface area contributed by atoms with E-state index in [0.717, 1.165) is 6.42 Å². The van der Waals surface area contributed by atoms with E-state index in [1.807, 2.05) is 6.92 Å². The number of hydrogen-bond acceptors (Lipinski definition) is 2. The molecule has 0 bridgehead atoms. The predicted molar refractivity (Wildman–Crippen MR) is 46.4 cm³/mol. The maximum atomic E-state index is 9.46. The highest BCUT2D eigenvalue weighted by atomic mass is 16.3. The van der Waals surface area contributed by atoms with Crippen LogP contribution in [0.5, 0.6) is 0 Å². The van der Waals surface area contributed by atoms with Crippen LogP contribution in [0.2, 0.25) is 0 Å². The van der Waals surface area contributed by atoms with E-state index < -0.39 is 5.60 Å². The smallest absolute Gasteiger partial charge is 0.0595 e. The van der Waals surface area contributed by atoms with Gasteiger partial charge < -0.3 is 10.2 Å². The van der Waals surface area contributed by atoms with Gasteiger partial charge in [0.2, 0.25) is 0 Å². The molecular formula is C9H20O2. The molecule has 0 amide bonds. The van der Waals surface area contributed by atoms with Crippen LogP contribution in [0.3, 0.4) is 0 Å². The van der Waals surface area contributed by atoms with Crippen molar-refractivity contribution in [1.82, 2.24) is 0 Å². The molecule has 0 saturated carbocycles. The molecule has 0 aliphatic rings. The third kappa shape index (κ3) is 5.22. The van der Waals surface area contributed by atoms with E-state index >= 15 is 0 Å². The summed E-state index contributed by atoms with van der Waals surface area (Å²) in [4.78, 5) is 0. The summed E-state index contributed by atoms with van der Waals surface area (Å²) in [6.45, 7) is 7.36. The summed E-state index contributed by atoms with van der Waals surface area (Å²) in [7, 11) is 0. The molecule has 2 nitrogen and oxygen atoms in total. The summed E-state index contributed by atoms with van der Waals surface area (Å²) in [6, 6.07) is 0. The Morgan fingerprint density at radius 1 is 1.36 bits per heavy atom. The predicted octanol–water partition coefficient (Wildman–Crippen LogP) is 1.55. The zero-order valence-corrected chi connectivity index (χ0v) is 7.96. The fourth-order valence-electron chi connectivity index (χ4n) is 1.30. The molecule has 0 aliphatic heterocycles. The van der Waals surface area contributed by atoms with Crippen LogP contribution in [0, 0.1) is 5.92 Å². The van der Waals surface area contributed by atoms with Gasteiger partial charge in [-0.15, -0.1) is 0 Å². The first-order valence-electron chi connectivity index (χ1n) is 4.27. The van der Waals surface area contributed by atoms with E-state index in [4.69, 9.17) is 0 Å². The SMILES string of the molecule is CCC(CC(C)(C)O)C(C)O. The highest BCUT2D eigenvalue weighted by Gasteiger charge is 2.22. The van der Waals surface area contributed by atoms with Crippen molar-refractivity contribution in [3.8, 4) is 0 Å². The van der Waals surface area contributed by atoms with Crippen LogP contribution in [-0.4, -0.2) is 21.9 Å². The number of rotatable bonds is 4. The highest BCUT2D eigenvalue weighted by Crippen LogP contribution is 2.21. The fourth-order valence-corrected chi connectivity index (χ4v) is 1.30. The Kier molecular flexibility index (Phi) is 4.04. The monoisotopic (exact) mass is 160 g/mol. The third-order valence-corrected chi connectivity index (χ3v) is 1.97. The molecule has 0 aromatic carbocycles. The van der Waals surface area contributed by atoms with E-state index in [2.05, 4.69) is 0 Å². The fraction of sp³-hybridized carbons (Fsp3) is 1.00. The van der Waals surface area contributed by atoms with E-state index in [1.165, 1.54) is 0 Å². The van der Waals surface area contributed by atoms with Crippen molar-refractivity contribution in [2.45, 2.75) is 52.2 Å². The molecule has 2 heteroatoms. The molecule has 2 atom stereocenters. The molecule has 0 aromatic heterocycles. The molecule has 0 saturated heterocycles. The zero-order valence-electron chi connectivity index (χ0n) is 7.96. The van der Waals surface area contributed by atoms with Crippen molar-refractivity contribution < 1.29 is 10.2 Å². The molecule has 2 N–H and O–H groups in total. The molecular weight excluding hydrogens is 140 g/mol. The van der Waals surface area contributed by atoms with Crippen LogP contribution in [0.25, 0.3) is 0 Å². The summed E-state index contributed by atoms with van der Waals surface area (Å²) in [6.07, 6.45) is 1.27. The second-order valence-electron chi connectivity index (χ2n) is 3.93. The van der Waals surface area contributed by atoms with Gasteiger partial charge in [0.15, 0.2) is 0 Å². The lowest BCUT2D eigenvalue weighted by Gasteiger charge is -2.25. The van der Waals surface area contributed by atoms with Gasteiger partial charge in [0, 0.05) is 0 Å². The maximum absolute atomic E-state index is 9.46. The second kappa shape index (κ2) is 4.07. The normalized spacial score (nSPS) is 18.0. The summed E-state index contributed by atoms with van der Waals surface area (Å²) >= 11 is 0. The summed E-state index contributed by atoms with van der Waals surface area (Å²) < 4.78 is 0. The van der Waals surface area contributed by atoms with Gasteiger partial charge in [-0.1, -0.05) is 13.3 Å². The molecule has 2 unspecified atom stereocenters. The molecule has 0 fully saturated rings. The van der Waals surface area contributed by atoms with E-state index in [0.29, 0.717) is 6.42 Å². The first kappa shape index (κ1) is 10.9. The lowest BCUT2D eigenvalue weighted by molar-refractivity contribution is 0.0177. The van der Waals surface area contributed by atoms with Gasteiger partial charge in [0.1, 0.15) is 0 Å². The van der Waals surface area contributed by atoms with Crippen molar-refractivity contribution in [3.05, 3.63) is 0 Å². The van der Waals surface area contributed by atoms with Crippen LogP contribution in [-0.2, 0) is 0 Å². The molecule has 68 valence electrons. The lowest BCUT2D eigenvalue weighted by Crippen LogP contribution is -2.28. The van der Waals surface area contributed by atoms with Gasteiger partial charge in [-0.25, -0.2) is 0 Å². The third-order valence-electron chi connectivity index (χ3n) is 1.97.